The molecule has 2 nitrogen and oxygen atoms in total. The molecule has 0 saturated heterocycles. The van der Waals surface area contributed by atoms with Crippen molar-refractivity contribution < 1.29 is 0 Å². The zero-order chi connectivity index (χ0) is 42.1. The molecule has 0 heterocycles. The third-order valence-electron chi connectivity index (χ3n) is 12.6. The van der Waals surface area contributed by atoms with E-state index in [4.69, 9.17) is 0 Å². The van der Waals surface area contributed by atoms with E-state index in [0.29, 0.717) is 11.8 Å². The average Bonchev–Trinajstić information content (AvgIpc) is 3.23. The molecule has 0 unspecified atom stereocenters. The Bertz CT molecular complexity index is 2630. The van der Waals surface area contributed by atoms with E-state index in [2.05, 4.69) is 237 Å². The lowest BCUT2D eigenvalue weighted by Crippen LogP contribution is -2.13. The van der Waals surface area contributed by atoms with Crippen LogP contribution >= 0.6 is 0 Å². The van der Waals surface area contributed by atoms with Gasteiger partial charge in [-0.05, 0) is 186 Å². The summed E-state index contributed by atoms with van der Waals surface area (Å²) in [5, 5.41) is 5.01. The Morgan fingerprint density at radius 3 is 0.850 bits per heavy atom. The van der Waals surface area contributed by atoms with Gasteiger partial charge >= 0.3 is 0 Å². The van der Waals surface area contributed by atoms with Gasteiger partial charge in [0.25, 0.3) is 0 Å². The van der Waals surface area contributed by atoms with Gasteiger partial charge in [-0.25, -0.2) is 0 Å². The lowest BCUT2D eigenvalue weighted by atomic mass is 9.78. The molecule has 2 heteroatoms. The van der Waals surface area contributed by atoms with Crippen molar-refractivity contribution in [1.29, 1.82) is 0 Å². The molecular formula is C58H58N2. The standard InChI is InChI=1S/C58H58N2/c1-37(2)39-11-21-47(22-12-39)59(49-27-17-45(18-28-49)57(5,6)7)51-25-15-41-33-53-55(35-43(41)31-51)54-34-42-16-26-52(32-44(42)36-56(53)54)60(48-23-13-40(14-24-48)38(3)4)50-29-19-46(20-30-50)58(8,9)10/h11-38H,1-10H3. The average molecular weight is 783 g/mol. The fourth-order valence-electron chi connectivity index (χ4n) is 8.81. The van der Waals surface area contributed by atoms with E-state index in [9.17, 15) is 0 Å². The van der Waals surface area contributed by atoms with E-state index in [0.717, 1.165) is 34.1 Å². The van der Waals surface area contributed by atoms with Crippen LogP contribution in [0.15, 0.2) is 158 Å². The molecule has 0 radical (unpaired) electrons. The SMILES string of the molecule is CC(C)c1ccc(N(c2ccc(C(C)(C)C)cc2)c2ccc3cc4c(cc3c2)-c2cc3ccc(N(c5ccc(C(C)C)cc5)c5ccc(C(C)(C)C)cc5)cc3cc2-4)cc1. The first-order valence-electron chi connectivity index (χ1n) is 21.8. The monoisotopic (exact) mass is 782 g/mol. The van der Waals surface area contributed by atoms with Gasteiger partial charge in [-0.3, -0.25) is 0 Å². The maximum Gasteiger partial charge on any atom is 0.0468 e. The first-order valence-corrected chi connectivity index (χ1v) is 21.8. The Morgan fingerprint density at radius 1 is 0.300 bits per heavy atom. The number of hydrogen-bond donors (Lipinski definition) is 0. The van der Waals surface area contributed by atoms with Crippen LogP contribution in [0.3, 0.4) is 0 Å². The number of anilines is 6. The minimum absolute atomic E-state index is 0.0936. The molecule has 0 aromatic heterocycles. The van der Waals surface area contributed by atoms with Gasteiger partial charge in [0.1, 0.15) is 0 Å². The molecule has 1 aliphatic carbocycles. The number of fused-ring (bicyclic) bond motifs is 6. The summed E-state index contributed by atoms with van der Waals surface area (Å²) in [4.78, 5) is 4.80. The summed E-state index contributed by atoms with van der Waals surface area (Å²) in [6, 6.07) is 59.9. The zero-order valence-corrected chi connectivity index (χ0v) is 37.1. The van der Waals surface area contributed by atoms with Crippen LogP contribution in [0.4, 0.5) is 34.1 Å². The molecule has 8 aromatic rings. The minimum Gasteiger partial charge on any atom is -0.310 e. The highest BCUT2D eigenvalue weighted by atomic mass is 15.1. The molecule has 300 valence electrons. The highest BCUT2D eigenvalue weighted by Gasteiger charge is 2.25. The summed E-state index contributed by atoms with van der Waals surface area (Å²) < 4.78 is 0. The summed E-state index contributed by atoms with van der Waals surface area (Å²) in [5.41, 5.74) is 17.8. The molecule has 0 fully saturated rings. The van der Waals surface area contributed by atoms with Crippen LogP contribution in [0.2, 0.25) is 0 Å². The van der Waals surface area contributed by atoms with Gasteiger partial charge < -0.3 is 9.80 Å². The van der Waals surface area contributed by atoms with E-state index in [-0.39, 0.29) is 10.8 Å². The van der Waals surface area contributed by atoms with Crippen molar-refractivity contribution in [2.24, 2.45) is 0 Å². The number of benzene rings is 8. The topological polar surface area (TPSA) is 6.48 Å². The quantitative estimate of drug-likeness (QED) is 0.151. The Balaban J connectivity index is 1.08. The second-order valence-electron chi connectivity index (χ2n) is 19.6. The molecule has 0 amide bonds. The van der Waals surface area contributed by atoms with Crippen LogP contribution in [-0.4, -0.2) is 0 Å². The molecule has 60 heavy (non-hydrogen) atoms. The molecule has 1 aliphatic rings. The van der Waals surface area contributed by atoms with E-state index in [1.54, 1.807) is 0 Å². The highest BCUT2D eigenvalue weighted by Crippen LogP contribution is 2.51. The molecule has 8 aromatic carbocycles. The second kappa shape index (κ2) is 14.9. The molecule has 0 aliphatic heterocycles. The van der Waals surface area contributed by atoms with Crippen LogP contribution in [0.25, 0.3) is 43.8 Å². The molecule has 0 spiro atoms. The van der Waals surface area contributed by atoms with Crippen molar-refractivity contribution in [2.75, 3.05) is 9.80 Å². The Morgan fingerprint density at radius 2 is 0.567 bits per heavy atom. The third-order valence-corrected chi connectivity index (χ3v) is 12.6. The van der Waals surface area contributed by atoms with Gasteiger partial charge in [-0.15, -0.1) is 0 Å². The summed E-state index contributed by atoms with van der Waals surface area (Å²) >= 11 is 0. The highest BCUT2D eigenvalue weighted by molar-refractivity contribution is 6.12. The van der Waals surface area contributed by atoms with Crippen LogP contribution in [-0.2, 0) is 10.8 Å². The lowest BCUT2D eigenvalue weighted by Gasteiger charge is -2.29. The van der Waals surface area contributed by atoms with Gasteiger partial charge in [0.15, 0.2) is 0 Å². The second-order valence-corrected chi connectivity index (χ2v) is 19.6. The maximum absolute atomic E-state index is 2.41. The van der Waals surface area contributed by atoms with Gasteiger partial charge in [-0.2, -0.15) is 0 Å². The van der Waals surface area contributed by atoms with Gasteiger partial charge in [0.05, 0.1) is 0 Å². The van der Waals surface area contributed by atoms with Crippen LogP contribution in [0.5, 0.6) is 0 Å². The van der Waals surface area contributed by atoms with Crippen molar-refractivity contribution >= 4 is 55.7 Å². The normalized spacial score (nSPS) is 12.5. The smallest absolute Gasteiger partial charge is 0.0468 e. The van der Waals surface area contributed by atoms with Crippen LogP contribution in [0, 0.1) is 0 Å². The summed E-state index contributed by atoms with van der Waals surface area (Å²) in [7, 11) is 0. The predicted octanol–water partition coefficient (Wildman–Crippen LogP) is 17.4. The third kappa shape index (κ3) is 7.27. The van der Waals surface area contributed by atoms with Gasteiger partial charge in [0, 0.05) is 34.1 Å². The minimum atomic E-state index is 0.0936. The molecule has 0 bridgehead atoms. The predicted molar refractivity (Wildman–Crippen MR) is 261 cm³/mol. The van der Waals surface area contributed by atoms with Crippen molar-refractivity contribution in [3.63, 3.8) is 0 Å². The lowest BCUT2D eigenvalue weighted by molar-refractivity contribution is 0.590. The fourth-order valence-corrected chi connectivity index (χ4v) is 8.81. The summed E-state index contributed by atoms with van der Waals surface area (Å²) in [5.74, 6) is 0.969. The van der Waals surface area contributed by atoms with Crippen LogP contribution in [0.1, 0.15) is 103 Å². The van der Waals surface area contributed by atoms with Gasteiger partial charge in [0.2, 0.25) is 0 Å². The van der Waals surface area contributed by atoms with Gasteiger partial charge in [-0.1, -0.05) is 130 Å². The van der Waals surface area contributed by atoms with Crippen molar-refractivity contribution in [3.05, 3.63) is 180 Å². The molecular weight excluding hydrogens is 725 g/mol. The summed E-state index contributed by atoms with van der Waals surface area (Å²) in [6.45, 7) is 22.7. The van der Waals surface area contributed by atoms with Crippen LogP contribution < -0.4 is 9.80 Å². The molecule has 9 rings (SSSR count). The Kier molecular flexibility index (Phi) is 9.74. The number of rotatable bonds is 8. The Hall–Kier alpha value is -6.12. The first kappa shape index (κ1) is 39.3. The van der Waals surface area contributed by atoms with E-state index in [1.165, 1.54) is 66.1 Å². The molecule has 0 saturated carbocycles. The fraction of sp³-hybridized carbons (Fsp3) is 0.241. The molecule has 0 atom stereocenters. The Labute approximate surface area is 358 Å². The first-order chi connectivity index (χ1) is 28.6. The number of hydrogen-bond acceptors (Lipinski definition) is 2. The summed E-state index contributed by atoms with van der Waals surface area (Å²) in [6.07, 6.45) is 0. The number of nitrogens with zero attached hydrogens (tertiary/aromatic N) is 2. The molecule has 0 N–H and O–H groups in total. The van der Waals surface area contributed by atoms with E-state index >= 15 is 0 Å². The largest absolute Gasteiger partial charge is 0.310 e. The van der Waals surface area contributed by atoms with E-state index in [1.807, 2.05) is 0 Å². The van der Waals surface area contributed by atoms with Crippen molar-refractivity contribution in [2.45, 2.75) is 91.9 Å². The zero-order valence-electron chi connectivity index (χ0n) is 37.1. The van der Waals surface area contributed by atoms with Crippen molar-refractivity contribution in [1.82, 2.24) is 0 Å². The van der Waals surface area contributed by atoms with E-state index < -0.39 is 0 Å². The van der Waals surface area contributed by atoms with Crippen molar-refractivity contribution in [3.8, 4) is 22.3 Å². The maximum atomic E-state index is 2.41.